The molecule has 1 atom stereocenters. The second-order valence-corrected chi connectivity index (χ2v) is 8.30. The number of aryl methyl sites for hydroxylation is 1. The van der Waals surface area contributed by atoms with Gasteiger partial charge in [-0.1, -0.05) is 43.7 Å². The van der Waals surface area contributed by atoms with Crippen LogP contribution < -0.4 is 0 Å². The first-order valence-electron chi connectivity index (χ1n) is 9.90. The fourth-order valence-corrected chi connectivity index (χ4v) is 3.73. The van der Waals surface area contributed by atoms with Crippen molar-refractivity contribution >= 4 is 5.78 Å². The highest BCUT2D eigenvalue weighted by Crippen LogP contribution is 2.33. The summed E-state index contributed by atoms with van der Waals surface area (Å²) in [6.45, 7) is 6.48. The Morgan fingerprint density at radius 3 is 2.52 bits per heavy atom. The van der Waals surface area contributed by atoms with Crippen molar-refractivity contribution in [1.82, 2.24) is 4.98 Å². The Morgan fingerprint density at radius 2 is 1.90 bits per heavy atom. The third-order valence-electron chi connectivity index (χ3n) is 5.47. The number of rotatable bonds is 8. The molecule has 29 heavy (non-hydrogen) atoms. The van der Waals surface area contributed by atoms with Crippen molar-refractivity contribution in [2.75, 3.05) is 13.2 Å². The minimum atomic E-state index is -0.933. The zero-order valence-corrected chi connectivity index (χ0v) is 17.1. The molecule has 2 aromatic rings. The van der Waals surface area contributed by atoms with Gasteiger partial charge in [0.15, 0.2) is 5.78 Å². The average molecular weight is 400 g/mol. The number of ketones is 1. The fraction of sp³-hybridized carbons (Fsp3) is 0.500. The summed E-state index contributed by atoms with van der Waals surface area (Å²) in [6.07, 6.45) is 1.85. The summed E-state index contributed by atoms with van der Waals surface area (Å²) in [5.41, 5.74) is 3.03. The van der Waals surface area contributed by atoms with E-state index in [0.29, 0.717) is 13.2 Å². The molecule has 1 aliphatic rings. The number of aromatic amines is 1. The molecule has 1 aromatic heterocycles. The number of nitro groups is 1. The molecule has 0 spiro atoms. The Kier molecular flexibility index (Phi) is 6.49. The van der Waals surface area contributed by atoms with Gasteiger partial charge >= 0.3 is 0 Å². The monoisotopic (exact) mass is 400 g/mol. The van der Waals surface area contributed by atoms with Gasteiger partial charge in [0, 0.05) is 34.2 Å². The van der Waals surface area contributed by atoms with Crippen LogP contribution >= 0.6 is 0 Å². The number of carbonyl (C=O) groups excluding carboxylic acids is 1. The summed E-state index contributed by atoms with van der Waals surface area (Å²) < 4.78 is 10.7. The average Bonchev–Trinajstić information content (AvgIpc) is 3.15. The van der Waals surface area contributed by atoms with Crippen LogP contribution in [0.25, 0.3) is 11.1 Å². The van der Waals surface area contributed by atoms with E-state index in [0.717, 1.165) is 28.8 Å². The van der Waals surface area contributed by atoms with Crippen LogP contribution in [-0.2, 0) is 20.7 Å². The predicted molar refractivity (Wildman–Crippen MR) is 109 cm³/mol. The molecule has 1 aromatic carbocycles. The van der Waals surface area contributed by atoms with Gasteiger partial charge in [0.05, 0.1) is 19.6 Å². The maximum Gasteiger partial charge on any atom is 0.224 e. The maximum absolute atomic E-state index is 12.6. The Bertz CT molecular complexity index is 850. The van der Waals surface area contributed by atoms with Gasteiger partial charge in [0.25, 0.3) is 0 Å². The number of nitrogens with zero attached hydrogens (tertiary/aromatic N) is 1. The third-order valence-corrected chi connectivity index (χ3v) is 5.47. The number of H-pyrrole nitrogens is 1. The van der Waals surface area contributed by atoms with Gasteiger partial charge in [-0.25, -0.2) is 0 Å². The molecule has 1 aliphatic heterocycles. The summed E-state index contributed by atoms with van der Waals surface area (Å²) >= 11 is 0. The summed E-state index contributed by atoms with van der Waals surface area (Å²) in [6, 6.07) is 9.05. The van der Waals surface area contributed by atoms with Crippen LogP contribution in [0.2, 0.25) is 0 Å². The zero-order chi connectivity index (χ0) is 21.0. The highest BCUT2D eigenvalue weighted by Gasteiger charge is 2.43. The van der Waals surface area contributed by atoms with Crippen molar-refractivity contribution in [2.45, 2.75) is 52.4 Å². The molecule has 1 fully saturated rings. The second kappa shape index (κ2) is 8.88. The molecule has 0 bridgehead atoms. The number of hydrogen-bond donors (Lipinski definition) is 1. The highest BCUT2D eigenvalue weighted by atomic mass is 16.7. The molecule has 1 N–H and O–H groups in total. The Hall–Kier alpha value is -2.51. The quantitative estimate of drug-likeness (QED) is 0.535. The first kappa shape index (κ1) is 21.2. The molecule has 7 heteroatoms. The lowest BCUT2D eigenvalue weighted by Crippen LogP contribution is -2.43. The Balaban J connectivity index is 1.78. The number of aromatic nitrogens is 1. The van der Waals surface area contributed by atoms with E-state index in [1.807, 2.05) is 37.3 Å². The SMILES string of the molecule is Cc1ccc(-c2cc[nH]c2CC([N+](=O)[O-])C(C)(C)CC(=O)C2OCCCO2)cc1. The molecular weight excluding hydrogens is 372 g/mol. The van der Waals surface area contributed by atoms with Gasteiger partial charge in [-0.15, -0.1) is 0 Å². The number of nitrogens with one attached hydrogen (secondary N) is 1. The Labute approximate surface area is 170 Å². The van der Waals surface area contributed by atoms with Crippen LogP contribution in [0.15, 0.2) is 36.5 Å². The lowest BCUT2D eigenvalue weighted by atomic mass is 9.77. The predicted octanol–water partition coefficient (Wildman–Crippen LogP) is 3.93. The minimum Gasteiger partial charge on any atom is -0.364 e. The van der Waals surface area contributed by atoms with Crippen molar-refractivity contribution in [3.63, 3.8) is 0 Å². The van der Waals surface area contributed by atoms with Crippen molar-refractivity contribution in [3.8, 4) is 11.1 Å². The molecular formula is C22H28N2O5. The van der Waals surface area contributed by atoms with Crippen LogP contribution in [0.4, 0.5) is 0 Å². The molecule has 0 amide bonds. The molecule has 2 heterocycles. The van der Waals surface area contributed by atoms with E-state index < -0.39 is 17.7 Å². The van der Waals surface area contributed by atoms with E-state index in [2.05, 4.69) is 4.98 Å². The van der Waals surface area contributed by atoms with Gasteiger partial charge in [-0.05, 0) is 25.0 Å². The van der Waals surface area contributed by atoms with Crippen molar-refractivity contribution in [3.05, 3.63) is 57.9 Å². The minimum absolute atomic E-state index is 0.0177. The van der Waals surface area contributed by atoms with E-state index in [9.17, 15) is 14.9 Å². The van der Waals surface area contributed by atoms with Crippen LogP contribution in [0.1, 0.15) is 37.9 Å². The number of carbonyl (C=O) groups is 1. The molecule has 0 radical (unpaired) electrons. The van der Waals surface area contributed by atoms with Gasteiger partial charge in [-0.2, -0.15) is 0 Å². The van der Waals surface area contributed by atoms with Crippen LogP contribution in [0.3, 0.4) is 0 Å². The molecule has 0 saturated carbocycles. The summed E-state index contributed by atoms with van der Waals surface area (Å²) in [5.74, 6) is -0.244. The fourth-order valence-electron chi connectivity index (χ4n) is 3.73. The first-order chi connectivity index (χ1) is 13.8. The first-order valence-corrected chi connectivity index (χ1v) is 9.90. The standard InChI is InChI=1S/C22H28N2O5/c1-15-5-7-16(8-6-15)17-9-10-23-18(17)13-20(24(26)27)22(2,3)14-19(25)21-28-11-4-12-29-21/h5-10,20-21,23H,4,11-14H2,1-3H3. The lowest BCUT2D eigenvalue weighted by Gasteiger charge is -2.30. The van der Waals surface area contributed by atoms with E-state index >= 15 is 0 Å². The highest BCUT2D eigenvalue weighted by molar-refractivity contribution is 5.82. The molecule has 1 saturated heterocycles. The van der Waals surface area contributed by atoms with Crippen LogP contribution in [0.5, 0.6) is 0 Å². The van der Waals surface area contributed by atoms with Gasteiger partial charge in [-0.3, -0.25) is 14.9 Å². The van der Waals surface area contributed by atoms with Crippen LogP contribution in [0, 0.1) is 22.5 Å². The lowest BCUT2D eigenvalue weighted by molar-refractivity contribution is -0.540. The Morgan fingerprint density at radius 1 is 1.24 bits per heavy atom. The van der Waals surface area contributed by atoms with E-state index in [-0.39, 0.29) is 23.5 Å². The van der Waals surface area contributed by atoms with Gasteiger partial charge in [0.1, 0.15) is 0 Å². The smallest absolute Gasteiger partial charge is 0.224 e. The largest absolute Gasteiger partial charge is 0.364 e. The maximum atomic E-state index is 12.6. The van der Waals surface area contributed by atoms with Gasteiger partial charge in [0.2, 0.25) is 12.3 Å². The van der Waals surface area contributed by atoms with Gasteiger partial charge < -0.3 is 14.5 Å². The molecule has 1 unspecified atom stereocenters. The van der Waals surface area contributed by atoms with E-state index in [4.69, 9.17) is 9.47 Å². The number of ether oxygens (including phenoxy) is 2. The van der Waals surface area contributed by atoms with Crippen molar-refractivity contribution in [1.29, 1.82) is 0 Å². The zero-order valence-electron chi connectivity index (χ0n) is 17.1. The summed E-state index contributed by atoms with van der Waals surface area (Å²) in [4.78, 5) is 27.4. The molecule has 3 rings (SSSR count). The summed E-state index contributed by atoms with van der Waals surface area (Å²) in [7, 11) is 0. The van der Waals surface area contributed by atoms with Crippen LogP contribution in [-0.4, -0.2) is 41.2 Å². The number of Topliss-reactive ketones (excluding diaryl/α,β-unsaturated/α-hetero) is 1. The third kappa shape index (κ3) is 5.10. The molecule has 0 aliphatic carbocycles. The number of hydrogen-bond acceptors (Lipinski definition) is 5. The molecule has 156 valence electrons. The summed E-state index contributed by atoms with van der Waals surface area (Å²) in [5, 5.41) is 11.9. The van der Waals surface area contributed by atoms with Crippen molar-refractivity contribution in [2.24, 2.45) is 5.41 Å². The normalized spacial score (nSPS) is 16.5. The second-order valence-electron chi connectivity index (χ2n) is 8.30. The molecule has 7 nitrogen and oxygen atoms in total. The topological polar surface area (TPSA) is 94.5 Å². The van der Waals surface area contributed by atoms with E-state index in [1.165, 1.54) is 0 Å². The van der Waals surface area contributed by atoms with Crippen molar-refractivity contribution < 1.29 is 19.2 Å². The van der Waals surface area contributed by atoms with E-state index in [1.54, 1.807) is 20.0 Å². The number of benzene rings is 1.